The molecule has 1 heterocycles. The number of aryl methyl sites for hydroxylation is 1. The van der Waals surface area contributed by atoms with E-state index in [4.69, 9.17) is 21.1 Å². The van der Waals surface area contributed by atoms with Gasteiger partial charge < -0.3 is 9.47 Å². The molecule has 0 radical (unpaired) electrons. The number of hydrogen-bond acceptors (Lipinski definition) is 4. The van der Waals surface area contributed by atoms with Crippen molar-refractivity contribution in [2.75, 3.05) is 13.2 Å². The van der Waals surface area contributed by atoms with Crippen LogP contribution in [0.2, 0.25) is 5.15 Å². The quantitative estimate of drug-likeness (QED) is 0.493. The standard InChI is InChI=1S/C19H17ClN2O3/c1-14-17(18(20)22(21-14)15-8-4-2-5-9-15)19(23)25-13-12-24-16-10-6-3-7-11-16/h2-11H,12-13H2,1H3. The number of benzene rings is 2. The molecular weight excluding hydrogens is 340 g/mol. The highest BCUT2D eigenvalue weighted by molar-refractivity contribution is 6.33. The summed E-state index contributed by atoms with van der Waals surface area (Å²) >= 11 is 6.34. The zero-order chi connectivity index (χ0) is 17.6. The SMILES string of the molecule is Cc1nn(-c2ccccc2)c(Cl)c1C(=O)OCCOc1ccccc1. The molecule has 25 heavy (non-hydrogen) atoms. The number of aromatic nitrogens is 2. The Morgan fingerprint density at radius 1 is 1.04 bits per heavy atom. The maximum atomic E-state index is 12.3. The summed E-state index contributed by atoms with van der Waals surface area (Å²) in [6.45, 7) is 2.11. The van der Waals surface area contributed by atoms with E-state index in [9.17, 15) is 4.79 Å². The zero-order valence-corrected chi connectivity index (χ0v) is 14.4. The highest BCUT2D eigenvalue weighted by Gasteiger charge is 2.22. The van der Waals surface area contributed by atoms with E-state index in [-0.39, 0.29) is 23.9 Å². The lowest BCUT2D eigenvalue weighted by Crippen LogP contribution is -2.13. The number of carbonyl (C=O) groups excluding carboxylic acids is 1. The van der Waals surface area contributed by atoms with Gasteiger partial charge in [-0.1, -0.05) is 48.0 Å². The van der Waals surface area contributed by atoms with Gasteiger partial charge in [-0.25, -0.2) is 9.48 Å². The van der Waals surface area contributed by atoms with Gasteiger partial charge in [0.15, 0.2) is 0 Å². The smallest absolute Gasteiger partial charge is 0.343 e. The molecule has 1 aromatic heterocycles. The Balaban J connectivity index is 1.63. The van der Waals surface area contributed by atoms with Gasteiger partial charge in [-0.15, -0.1) is 0 Å². The molecule has 0 aliphatic rings. The third-order valence-corrected chi connectivity index (χ3v) is 3.89. The van der Waals surface area contributed by atoms with Gasteiger partial charge in [0, 0.05) is 0 Å². The summed E-state index contributed by atoms with van der Waals surface area (Å²) in [6.07, 6.45) is 0. The Morgan fingerprint density at radius 2 is 1.68 bits per heavy atom. The number of nitrogens with zero attached hydrogens (tertiary/aromatic N) is 2. The molecule has 3 aromatic rings. The van der Waals surface area contributed by atoms with Gasteiger partial charge in [0.25, 0.3) is 0 Å². The molecule has 0 atom stereocenters. The minimum atomic E-state index is -0.513. The van der Waals surface area contributed by atoms with Crippen molar-refractivity contribution >= 4 is 17.6 Å². The number of hydrogen-bond donors (Lipinski definition) is 0. The largest absolute Gasteiger partial charge is 0.490 e. The monoisotopic (exact) mass is 356 g/mol. The average molecular weight is 357 g/mol. The maximum Gasteiger partial charge on any atom is 0.343 e. The molecule has 128 valence electrons. The normalized spacial score (nSPS) is 10.5. The van der Waals surface area contributed by atoms with E-state index in [0.29, 0.717) is 5.69 Å². The number of para-hydroxylation sites is 2. The predicted molar refractivity (Wildman–Crippen MR) is 95.5 cm³/mol. The molecule has 0 saturated carbocycles. The second kappa shape index (κ2) is 7.85. The molecule has 0 N–H and O–H groups in total. The van der Waals surface area contributed by atoms with E-state index in [1.807, 2.05) is 60.7 Å². The van der Waals surface area contributed by atoms with E-state index >= 15 is 0 Å². The molecular formula is C19H17ClN2O3. The summed E-state index contributed by atoms with van der Waals surface area (Å²) in [5.74, 6) is 0.214. The van der Waals surface area contributed by atoms with E-state index < -0.39 is 5.97 Å². The van der Waals surface area contributed by atoms with Crippen molar-refractivity contribution in [3.8, 4) is 11.4 Å². The van der Waals surface area contributed by atoms with Crippen LogP contribution < -0.4 is 4.74 Å². The van der Waals surface area contributed by atoms with Crippen LogP contribution in [0.4, 0.5) is 0 Å². The summed E-state index contributed by atoms with van der Waals surface area (Å²) < 4.78 is 12.3. The Bertz CT molecular complexity index is 848. The molecule has 0 amide bonds. The Hall–Kier alpha value is -2.79. The van der Waals surface area contributed by atoms with Gasteiger partial charge in [-0.05, 0) is 31.2 Å². The number of esters is 1. The Morgan fingerprint density at radius 3 is 2.36 bits per heavy atom. The molecule has 5 nitrogen and oxygen atoms in total. The zero-order valence-electron chi connectivity index (χ0n) is 13.7. The first-order valence-electron chi connectivity index (χ1n) is 7.82. The molecule has 3 rings (SSSR count). The summed E-state index contributed by atoms with van der Waals surface area (Å²) in [4.78, 5) is 12.3. The van der Waals surface area contributed by atoms with Gasteiger partial charge in [-0.3, -0.25) is 0 Å². The predicted octanol–water partition coefficient (Wildman–Crippen LogP) is 4.07. The number of ether oxygens (including phenoxy) is 2. The minimum Gasteiger partial charge on any atom is -0.490 e. The van der Waals surface area contributed by atoms with Crippen molar-refractivity contribution in [3.63, 3.8) is 0 Å². The Kier molecular flexibility index (Phi) is 5.36. The van der Waals surface area contributed by atoms with E-state index in [2.05, 4.69) is 5.10 Å². The molecule has 0 aliphatic carbocycles. The number of rotatable bonds is 6. The van der Waals surface area contributed by atoms with Crippen molar-refractivity contribution in [1.29, 1.82) is 0 Å². The second-order valence-corrected chi connectivity index (χ2v) is 5.65. The van der Waals surface area contributed by atoms with Crippen molar-refractivity contribution in [3.05, 3.63) is 77.1 Å². The fourth-order valence-electron chi connectivity index (χ4n) is 2.35. The molecule has 0 spiro atoms. The van der Waals surface area contributed by atoms with Crippen molar-refractivity contribution in [1.82, 2.24) is 9.78 Å². The summed E-state index contributed by atoms with van der Waals surface area (Å²) in [6, 6.07) is 18.7. The van der Waals surface area contributed by atoms with Gasteiger partial charge >= 0.3 is 5.97 Å². The fraction of sp³-hybridized carbons (Fsp3) is 0.158. The summed E-state index contributed by atoms with van der Waals surface area (Å²) in [5, 5.41) is 4.56. The minimum absolute atomic E-state index is 0.125. The van der Waals surface area contributed by atoms with Crippen LogP contribution in [0.15, 0.2) is 60.7 Å². The second-order valence-electron chi connectivity index (χ2n) is 5.30. The lowest BCUT2D eigenvalue weighted by Gasteiger charge is -2.07. The van der Waals surface area contributed by atoms with E-state index in [1.165, 1.54) is 4.68 Å². The van der Waals surface area contributed by atoms with Crippen molar-refractivity contribution in [2.24, 2.45) is 0 Å². The van der Waals surface area contributed by atoms with E-state index in [0.717, 1.165) is 11.4 Å². The molecule has 6 heteroatoms. The fourth-order valence-corrected chi connectivity index (χ4v) is 2.70. The average Bonchev–Trinajstić information content (AvgIpc) is 2.94. The highest BCUT2D eigenvalue weighted by Crippen LogP contribution is 2.24. The van der Waals surface area contributed by atoms with Crippen LogP contribution in [0.5, 0.6) is 5.75 Å². The highest BCUT2D eigenvalue weighted by atomic mass is 35.5. The van der Waals surface area contributed by atoms with E-state index in [1.54, 1.807) is 6.92 Å². The first-order valence-corrected chi connectivity index (χ1v) is 8.20. The molecule has 0 aliphatic heterocycles. The van der Waals surface area contributed by atoms with Crippen LogP contribution >= 0.6 is 11.6 Å². The van der Waals surface area contributed by atoms with Crippen LogP contribution in [0, 0.1) is 6.92 Å². The van der Waals surface area contributed by atoms with Crippen molar-refractivity contribution < 1.29 is 14.3 Å². The maximum absolute atomic E-state index is 12.3. The summed E-state index contributed by atoms with van der Waals surface area (Å²) in [7, 11) is 0. The molecule has 2 aromatic carbocycles. The number of carbonyl (C=O) groups is 1. The molecule has 0 fully saturated rings. The molecule has 0 unspecified atom stereocenters. The van der Waals surface area contributed by atoms with Crippen molar-refractivity contribution in [2.45, 2.75) is 6.92 Å². The van der Waals surface area contributed by atoms with Gasteiger partial charge in [-0.2, -0.15) is 5.10 Å². The number of halogens is 1. The third kappa shape index (κ3) is 4.00. The lowest BCUT2D eigenvalue weighted by molar-refractivity contribution is 0.0450. The van der Waals surface area contributed by atoms with Crippen LogP contribution in [-0.2, 0) is 4.74 Å². The molecule has 0 bridgehead atoms. The van der Waals surface area contributed by atoms with Crippen LogP contribution in [0.3, 0.4) is 0 Å². The molecule has 0 saturated heterocycles. The van der Waals surface area contributed by atoms with Crippen LogP contribution in [-0.4, -0.2) is 29.0 Å². The van der Waals surface area contributed by atoms with Gasteiger partial charge in [0.05, 0.1) is 11.4 Å². The lowest BCUT2D eigenvalue weighted by atomic mass is 10.2. The third-order valence-electron chi connectivity index (χ3n) is 3.54. The van der Waals surface area contributed by atoms with Gasteiger partial charge in [0.1, 0.15) is 29.7 Å². The van der Waals surface area contributed by atoms with Crippen LogP contribution in [0.1, 0.15) is 16.1 Å². The van der Waals surface area contributed by atoms with Gasteiger partial charge in [0.2, 0.25) is 0 Å². The first kappa shape index (κ1) is 17.0. The Labute approximate surface area is 150 Å². The topological polar surface area (TPSA) is 53.4 Å². The first-order chi connectivity index (χ1) is 12.2. The summed E-state index contributed by atoms with van der Waals surface area (Å²) in [5.41, 5.74) is 1.56. The van der Waals surface area contributed by atoms with Crippen LogP contribution in [0.25, 0.3) is 5.69 Å².